The van der Waals surface area contributed by atoms with Crippen molar-refractivity contribution in [1.82, 2.24) is 24.6 Å². The SMILES string of the molecule is CCn1c(OCCN2CCN(C)CC2)nnc1C12CC3CC(CC1C3)C2. The van der Waals surface area contributed by atoms with Gasteiger partial charge in [-0.3, -0.25) is 9.47 Å². The van der Waals surface area contributed by atoms with Crippen molar-refractivity contribution in [2.45, 2.75) is 51.0 Å². The van der Waals surface area contributed by atoms with Crippen molar-refractivity contribution in [3.05, 3.63) is 5.82 Å². The average molecular weight is 360 g/mol. The van der Waals surface area contributed by atoms with Gasteiger partial charge in [0, 0.05) is 44.7 Å². The maximum Gasteiger partial charge on any atom is 0.317 e. The van der Waals surface area contributed by atoms with E-state index in [9.17, 15) is 0 Å². The van der Waals surface area contributed by atoms with E-state index in [-0.39, 0.29) is 0 Å². The number of likely N-dealkylation sites (N-methyl/N-ethyl adjacent to an activating group) is 1. The summed E-state index contributed by atoms with van der Waals surface area (Å²) in [5, 5.41) is 9.19. The zero-order chi connectivity index (χ0) is 17.7. The highest BCUT2D eigenvalue weighted by molar-refractivity contribution is 5.24. The second kappa shape index (κ2) is 6.48. The number of ether oxygens (including phenoxy) is 1. The molecule has 0 spiro atoms. The van der Waals surface area contributed by atoms with E-state index in [1.807, 2.05) is 0 Å². The number of piperazine rings is 1. The van der Waals surface area contributed by atoms with Gasteiger partial charge in [-0.15, -0.1) is 5.10 Å². The zero-order valence-electron chi connectivity index (χ0n) is 16.4. The minimum absolute atomic E-state index is 0.315. The van der Waals surface area contributed by atoms with Gasteiger partial charge in [-0.2, -0.15) is 0 Å². The molecule has 5 aliphatic rings. The Kier molecular flexibility index (Phi) is 4.24. The van der Waals surface area contributed by atoms with Gasteiger partial charge >= 0.3 is 6.01 Å². The second-order valence-electron chi connectivity index (χ2n) is 9.24. The number of hydrogen-bond donors (Lipinski definition) is 0. The Hall–Kier alpha value is -1.14. The van der Waals surface area contributed by atoms with E-state index in [0.717, 1.165) is 63.0 Å². The quantitative estimate of drug-likeness (QED) is 0.777. The van der Waals surface area contributed by atoms with Crippen LogP contribution in [0.1, 0.15) is 44.9 Å². The van der Waals surface area contributed by atoms with Crippen LogP contribution in [-0.2, 0) is 12.0 Å². The lowest BCUT2D eigenvalue weighted by atomic mass is 9.75. The molecule has 0 aromatic carbocycles. The Balaban J connectivity index is 1.27. The monoisotopic (exact) mass is 359 g/mol. The summed E-state index contributed by atoms with van der Waals surface area (Å²) in [5.41, 5.74) is 0.315. The van der Waals surface area contributed by atoms with Crippen LogP contribution in [0.3, 0.4) is 0 Å². The molecule has 26 heavy (non-hydrogen) atoms. The third kappa shape index (κ3) is 2.68. The summed E-state index contributed by atoms with van der Waals surface area (Å²) in [5.74, 6) is 3.97. The molecule has 0 amide bonds. The highest BCUT2D eigenvalue weighted by atomic mass is 16.5. The van der Waals surface area contributed by atoms with Gasteiger partial charge in [0.25, 0.3) is 0 Å². The van der Waals surface area contributed by atoms with Crippen LogP contribution in [0.4, 0.5) is 0 Å². The van der Waals surface area contributed by atoms with Gasteiger partial charge in [0.05, 0.1) is 0 Å². The average Bonchev–Trinajstić information content (AvgIpc) is 3.23. The number of aromatic nitrogens is 3. The molecule has 2 heterocycles. The van der Waals surface area contributed by atoms with Crippen LogP contribution in [-0.4, -0.2) is 70.9 Å². The molecule has 6 rings (SSSR count). The Morgan fingerprint density at radius 1 is 1.04 bits per heavy atom. The smallest absolute Gasteiger partial charge is 0.317 e. The van der Waals surface area contributed by atoms with Crippen LogP contribution >= 0.6 is 0 Å². The van der Waals surface area contributed by atoms with Crippen molar-refractivity contribution < 1.29 is 4.74 Å². The Bertz CT molecular complexity index is 637. The molecule has 4 saturated carbocycles. The van der Waals surface area contributed by atoms with E-state index >= 15 is 0 Å². The van der Waals surface area contributed by atoms with E-state index in [1.54, 1.807) is 0 Å². The minimum Gasteiger partial charge on any atom is -0.462 e. The number of nitrogens with zero attached hydrogens (tertiary/aromatic N) is 5. The molecule has 1 saturated heterocycles. The summed E-state index contributed by atoms with van der Waals surface area (Å²) in [7, 11) is 2.20. The highest BCUT2D eigenvalue weighted by Crippen LogP contribution is 2.65. The lowest BCUT2D eigenvalue weighted by Gasteiger charge is -2.32. The molecule has 6 nitrogen and oxygen atoms in total. The van der Waals surface area contributed by atoms with E-state index in [2.05, 4.69) is 33.4 Å². The molecule has 4 bridgehead atoms. The molecule has 1 aliphatic heterocycles. The van der Waals surface area contributed by atoms with Gasteiger partial charge in [-0.25, -0.2) is 0 Å². The van der Waals surface area contributed by atoms with Crippen LogP contribution < -0.4 is 4.74 Å². The first-order chi connectivity index (χ1) is 12.7. The molecule has 4 aliphatic carbocycles. The van der Waals surface area contributed by atoms with E-state index in [1.165, 1.54) is 37.9 Å². The van der Waals surface area contributed by atoms with Gasteiger partial charge in [0.1, 0.15) is 12.4 Å². The Labute approximate surface area is 156 Å². The fraction of sp³-hybridized carbons (Fsp3) is 0.900. The Morgan fingerprint density at radius 3 is 2.46 bits per heavy atom. The van der Waals surface area contributed by atoms with Crippen molar-refractivity contribution in [3.8, 4) is 6.01 Å². The summed E-state index contributed by atoms with van der Waals surface area (Å²) in [6.45, 7) is 9.40. The lowest BCUT2D eigenvalue weighted by Crippen LogP contribution is -2.45. The maximum absolute atomic E-state index is 6.12. The third-order valence-electron chi connectivity index (χ3n) is 7.70. The van der Waals surface area contributed by atoms with Crippen LogP contribution in [0.25, 0.3) is 0 Å². The van der Waals surface area contributed by atoms with Gasteiger partial charge in [0.2, 0.25) is 0 Å². The number of hydrogen-bond acceptors (Lipinski definition) is 5. The molecular formula is C20H33N5O. The molecule has 2 atom stereocenters. The van der Waals surface area contributed by atoms with Crippen molar-refractivity contribution >= 4 is 0 Å². The van der Waals surface area contributed by atoms with Gasteiger partial charge < -0.3 is 9.64 Å². The predicted octanol–water partition coefficient (Wildman–Crippen LogP) is 2.00. The van der Waals surface area contributed by atoms with Crippen LogP contribution in [0, 0.1) is 17.8 Å². The number of rotatable bonds is 6. The van der Waals surface area contributed by atoms with Gasteiger partial charge in [0.15, 0.2) is 0 Å². The Morgan fingerprint density at radius 2 is 1.77 bits per heavy atom. The topological polar surface area (TPSA) is 46.4 Å². The second-order valence-corrected chi connectivity index (χ2v) is 9.24. The van der Waals surface area contributed by atoms with Crippen molar-refractivity contribution in [2.75, 3.05) is 46.4 Å². The first-order valence-electron chi connectivity index (χ1n) is 10.7. The van der Waals surface area contributed by atoms with Crippen molar-refractivity contribution in [3.63, 3.8) is 0 Å². The summed E-state index contributed by atoms with van der Waals surface area (Å²) in [4.78, 5) is 4.88. The first-order valence-corrected chi connectivity index (χ1v) is 10.7. The highest BCUT2D eigenvalue weighted by Gasteiger charge is 2.60. The van der Waals surface area contributed by atoms with Crippen molar-refractivity contribution in [1.29, 1.82) is 0 Å². The normalized spacial score (nSPS) is 36.9. The standard InChI is InChI=1S/C20H33N5O/c1-3-25-18(20-13-15-10-16(14-20)12-17(20)11-15)21-22-19(25)26-9-8-24-6-4-23(2)5-7-24/h15-17H,3-14H2,1-2H3. The molecule has 1 aromatic heterocycles. The molecule has 0 radical (unpaired) electrons. The molecule has 5 fully saturated rings. The summed E-state index contributed by atoms with van der Waals surface area (Å²) >= 11 is 0. The summed E-state index contributed by atoms with van der Waals surface area (Å²) < 4.78 is 8.40. The molecule has 144 valence electrons. The molecule has 0 N–H and O–H groups in total. The van der Waals surface area contributed by atoms with Crippen LogP contribution in [0.15, 0.2) is 0 Å². The molecular weight excluding hydrogens is 326 g/mol. The lowest BCUT2D eigenvalue weighted by molar-refractivity contribution is 0.129. The van der Waals surface area contributed by atoms with E-state index in [4.69, 9.17) is 9.84 Å². The first kappa shape index (κ1) is 17.0. The minimum atomic E-state index is 0.315. The van der Waals surface area contributed by atoms with Crippen LogP contribution in [0.5, 0.6) is 6.01 Å². The van der Waals surface area contributed by atoms with Gasteiger partial charge in [-0.1, -0.05) is 5.10 Å². The predicted molar refractivity (Wildman–Crippen MR) is 100 cm³/mol. The summed E-state index contributed by atoms with van der Waals surface area (Å²) in [6.07, 6.45) is 6.99. The molecule has 6 heteroatoms. The van der Waals surface area contributed by atoms with E-state index < -0.39 is 0 Å². The largest absolute Gasteiger partial charge is 0.462 e. The molecule has 1 aromatic rings. The fourth-order valence-corrected chi connectivity index (χ4v) is 6.55. The fourth-order valence-electron chi connectivity index (χ4n) is 6.55. The summed E-state index contributed by atoms with van der Waals surface area (Å²) in [6, 6.07) is 0.747. The van der Waals surface area contributed by atoms with Gasteiger partial charge in [-0.05, 0) is 63.8 Å². The zero-order valence-corrected chi connectivity index (χ0v) is 16.4. The third-order valence-corrected chi connectivity index (χ3v) is 7.70. The van der Waals surface area contributed by atoms with Crippen LogP contribution in [0.2, 0.25) is 0 Å². The van der Waals surface area contributed by atoms with Crippen molar-refractivity contribution in [2.24, 2.45) is 17.8 Å². The van der Waals surface area contributed by atoms with E-state index in [0.29, 0.717) is 12.0 Å². The molecule has 2 unspecified atom stereocenters. The maximum atomic E-state index is 6.12.